The molecule has 0 spiro atoms. The lowest BCUT2D eigenvalue weighted by Crippen LogP contribution is -2.04. The topological polar surface area (TPSA) is 95.7 Å². The van der Waals surface area contributed by atoms with Crippen molar-refractivity contribution < 1.29 is 24.1 Å². The van der Waals surface area contributed by atoms with E-state index < -0.39 is 5.97 Å². The van der Waals surface area contributed by atoms with E-state index in [0.29, 0.717) is 31.3 Å². The predicted octanol–water partition coefficient (Wildman–Crippen LogP) is 5.34. The Balaban J connectivity index is 1.72. The highest BCUT2D eigenvalue weighted by atomic mass is 127. The molecule has 32 heavy (non-hydrogen) atoms. The van der Waals surface area contributed by atoms with Gasteiger partial charge in [-0.25, -0.2) is 4.68 Å². The normalized spacial score (nSPS) is 10.9. The number of ether oxygens (including phenoxy) is 3. The molecule has 0 aliphatic carbocycles. The zero-order valence-corrected chi connectivity index (χ0v) is 25.3. The number of hydrogen-bond acceptors (Lipinski definition) is 6. The Hall–Kier alpha value is -0.470. The highest BCUT2D eigenvalue weighted by Gasteiger charge is 2.15. The molecule has 0 saturated heterocycles. The Morgan fingerprint density at radius 2 is 1.66 bits per heavy atom. The van der Waals surface area contributed by atoms with Gasteiger partial charge in [0.2, 0.25) is 0 Å². The lowest BCUT2D eigenvalue weighted by atomic mass is 10.1. The van der Waals surface area contributed by atoms with Crippen LogP contribution in [0.2, 0.25) is 0 Å². The van der Waals surface area contributed by atoms with Crippen LogP contribution in [0.4, 0.5) is 0 Å². The highest BCUT2D eigenvalue weighted by Crippen LogP contribution is 2.37. The third kappa shape index (κ3) is 7.26. The molecule has 12 heteroatoms. The number of carboxylic acid groups (broad SMARTS) is 1. The van der Waals surface area contributed by atoms with Crippen LogP contribution >= 0.6 is 90.4 Å². The number of carbonyl (C=O) groups is 1. The summed E-state index contributed by atoms with van der Waals surface area (Å²) in [5, 5.41) is 17.2. The molecule has 0 amide bonds. The van der Waals surface area contributed by atoms with Gasteiger partial charge in [0.25, 0.3) is 0 Å². The van der Waals surface area contributed by atoms with Gasteiger partial charge in [0, 0.05) is 7.11 Å². The minimum Gasteiger partial charge on any atom is -0.485 e. The van der Waals surface area contributed by atoms with Gasteiger partial charge >= 0.3 is 5.97 Å². The van der Waals surface area contributed by atoms with Crippen molar-refractivity contribution in [3.63, 3.8) is 0 Å². The second-order valence-electron chi connectivity index (χ2n) is 6.53. The van der Waals surface area contributed by atoms with Crippen molar-refractivity contribution >= 4 is 96.3 Å². The fourth-order valence-corrected chi connectivity index (χ4v) is 6.82. The van der Waals surface area contributed by atoms with Crippen LogP contribution < -0.4 is 9.47 Å². The Kier molecular flexibility index (Phi) is 10.0. The third-order valence-electron chi connectivity index (χ3n) is 4.08. The number of hydrogen-bond donors (Lipinski definition) is 1. The first kappa shape index (κ1) is 26.1. The van der Waals surface area contributed by atoms with E-state index in [-0.39, 0.29) is 6.42 Å². The molecule has 0 fully saturated rings. The zero-order chi connectivity index (χ0) is 23.3. The number of carboxylic acids is 1. The van der Waals surface area contributed by atoms with Gasteiger partial charge in [-0.1, -0.05) is 5.21 Å². The van der Waals surface area contributed by atoms with Crippen LogP contribution in [0.1, 0.15) is 11.3 Å². The fourth-order valence-electron chi connectivity index (χ4n) is 2.68. The van der Waals surface area contributed by atoms with Gasteiger partial charge in [-0.15, -0.1) is 5.10 Å². The van der Waals surface area contributed by atoms with Gasteiger partial charge in [-0.2, -0.15) is 0 Å². The summed E-state index contributed by atoms with van der Waals surface area (Å²) in [6, 6.07) is 7.48. The number of rotatable bonds is 10. The van der Waals surface area contributed by atoms with E-state index in [4.69, 9.17) is 19.3 Å². The summed E-state index contributed by atoms with van der Waals surface area (Å²) in [6.45, 7) is 1.51. The molecular weight excluding hydrogens is 870 g/mol. The standard InChI is InChI=1S/C20H17I4N3O5/c1-30-3-2-27-9-12(25-26-27)10-31-19-16(23)7-13(8-17(19)24)32-20-14(21)4-11(5-15(20)22)6-18(28)29/h4-5,7-9H,2-3,6,10H2,1H3,(H,28,29). The van der Waals surface area contributed by atoms with Crippen LogP contribution in [-0.2, 0) is 29.1 Å². The molecule has 0 aliphatic rings. The summed E-state index contributed by atoms with van der Waals surface area (Å²) in [7, 11) is 1.65. The SMILES string of the molecule is COCCn1cc(COc2c(I)cc(Oc3c(I)cc(CC(=O)O)cc3I)cc2I)nn1. The maximum Gasteiger partial charge on any atom is 0.307 e. The fraction of sp³-hybridized carbons (Fsp3) is 0.250. The molecule has 3 rings (SSSR count). The maximum absolute atomic E-state index is 11.0. The molecule has 1 N–H and O–H groups in total. The van der Waals surface area contributed by atoms with E-state index in [1.165, 1.54) is 0 Å². The number of aliphatic carboxylic acids is 1. The average Bonchev–Trinajstić information content (AvgIpc) is 3.16. The van der Waals surface area contributed by atoms with Crippen LogP contribution in [0.5, 0.6) is 17.2 Å². The van der Waals surface area contributed by atoms with E-state index in [1.807, 2.05) is 30.5 Å². The summed E-state index contributed by atoms with van der Waals surface area (Å²) in [4.78, 5) is 11.0. The molecule has 0 bridgehead atoms. The Labute approximate surface area is 239 Å². The second-order valence-corrected chi connectivity index (χ2v) is 11.2. The monoisotopic (exact) mass is 887 g/mol. The van der Waals surface area contributed by atoms with Gasteiger partial charge < -0.3 is 19.3 Å². The van der Waals surface area contributed by atoms with Crippen molar-refractivity contribution in [2.75, 3.05) is 13.7 Å². The number of aromatic nitrogens is 3. The second kappa shape index (κ2) is 12.3. The van der Waals surface area contributed by atoms with Gasteiger partial charge in [0.1, 0.15) is 23.8 Å². The van der Waals surface area contributed by atoms with Gasteiger partial charge in [-0.05, 0) is 120 Å². The molecule has 0 atom stereocenters. The molecule has 0 saturated carbocycles. The first-order chi connectivity index (χ1) is 15.3. The smallest absolute Gasteiger partial charge is 0.307 e. The maximum atomic E-state index is 11.0. The first-order valence-electron chi connectivity index (χ1n) is 9.14. The van der Waals surface area contributed by atoms with Crippen LogP contribution in [0.3, 0.4) is 0 Å². The number of nitrogens with zero attached hydrogens (tertiary/aromatic N) is 3. The zero-order valence-electron chi connectivity index (χ0n) is 16.6. The molecular formula is C20H17I4N3O5. The number of benzene rings is 2. The Morgan fingerprint density at radius 3 is 2.25 bits per heavy atom. The molecule has 3 aromatic rings. The quantitative estimate of drug-likeness (QED) is 0.275. The van der Waals surface area contributed by atoms with Crippen LogP contribution in [0.15, 0.2) is 30.5 Å². The molecule has 0 aliphatic heterocycles. The van der Waals surface area contributed by atoms with E-state index >= 15 is 0 Å². The molecule has 1 heterocycles. The molecule has 0 unspecified atom stereocenters. The Morgan fingerprint density at radius 1 is 1.03 bits per heavy atom. The largest absolute Gasteiger partial charge is 0.485 e. The lowest BCUT2D eigenvalue weighted by molar-refractivity contribution is -0.136. The van der Waals surface area contributed by atoms with Crippen LogP contribution in [-0.4, -0.2) is 39.8 Å². The summed E-state index contributed by atoms with van der Waals surface area (Å²) in [6.07, 6.45) is 1.82. The predicted molar refractivity (Wildman–Crippen MR) is 151 cm³/mol. The summed E-state index contributed by atoms with van der Waals surface area (Å²) in [5.74, 6) is 1.28. The summed E-state index contributed by atoms with van der Waals surface area (Å²) < 4.78 is 22.4. The Bertz CT molecular complexity index is 1080. The summed E-state index contributed by atoms with van der Waals surface area (Å²) >= 11 is 8.77. The lowest BCUT2D eigenvalue weighted by Gasteiger charge is -2.15. The van der Waals surface area contributed by atoms with Crippen molar-refractivity contribution in [3.05, 3.63) is 56.0 Å². The molecule has 8 nitrogen and oxygen atoms in total. The van der Waals surface area contributed by atoms with E-state index in [2.05, 4.69) is 101 Å². The number of methoxy groups -OCH3 is 1. The highest BCUT2D eigenvalue weighted by molar-refractivity contribution is 14.1. The van der Waals surface area contributed by atoms with Gasteiger partial charge in [-0.3, -0.25) is 4.79 Å². The van der Waals surface area contributed by atoms with Crippen molar-refractivity contribution in [2.45, 2.75) is 19.6 Å². The van der Waals surface area contributed by atoms with Gasteiger partial charge in [0.05, 0.1) is 40.1 Å². The van der Waals surface area contributed by atoms with Gasteiger partial charge in [0.15, 0.2) is 5.75 Å². The summed E-state index contributed by atoms with van der Waals surface area (Å²) in [5.41, 5.74) is 1.48. The average molecular weight is 887 g/mol. The minimum absolute atomic E-state index is 0.0196. The molecule has 1 aromatic heterocycles. The molecule has 2 aromatic carbocycles. The van der Waals surface area contributed by atoms with E-state index in [1.54, 1.807) is 11.8 Å². The van der Waals surface area contributed by atoms with E-state index in [9.17, 15) is 4.79 Å². The first-order valence-corrected chi connectivity index (χ1v) is 13.5. The van der Waals surface area contributed by atoms with Crippen LogP contribution in [0.25, 0.3) is 0 Å². The van der Waals surface area contributed by atoms with Crippen molar-refractivity contribution in [3.8, 4) is 17.2 Å². The third-order valence-corrected chi connectivity index (χ3v) is 7.29. The number of halogens is 4. The van der Waals surface area contributed by atoms with Crippen molar-refractivity contribution in [2.24, 2.45) is 0 Å². The van der Waals surface area contributed by atoms with E-state index in [0.717, 1.165) is 31.3 Å². The van der Waals surface area contributed by atoms with Crippen molar-refractivity contribution in [1.29, 1.82) is 0 Å². The minimum atomic E-state index is -0.859. The van der Waals surface area contributed by atoms with Crippen molar-refractivity contribution in [1.82, 2.24) is 15.0 Å². The molecule has 0 radical (unpaired) electrons. The van der Waals surface area contributed by atoms with Crippen LogP contribution in [0, 0.1) is 14.3 Å². The molecule has 170 valence electrons.